The van der Waals surface area contributed by atoms with Crippen LogP contribution in [0.2, 0.25) is 0 Å². The second kappa shape index (κ2) is 15.4. The molecule has 2 aromatic rings. The molecule has 0 saturated heterocycles. The maximum Gasteiger partial charge on any atom is 0.417 e. The van der Waals surface area contributed by atoms with E-state index in [1.165, 1.54) is 0 Å². The molecule has 0 aliphatic heterocycles. The van der Waals surface area contributed by atoms with E-state index < -0.39 is 24.1 Å². The minimum absolute atomic E-state index is 0.0746. The molecule has 0 spiro atoms. The number of ether oxygens (including phenoxy) is 4. The van der Waals surface area contributed by atoms with Gasteiger partial charge in [0.1, 0.15) is 11.5 Å². The van der Waals surface area contributed by atoms with Gasteiger partial charge in [0.25, 0.3) is 0 Å². The summed E-state index contributed by atoms with van der Waals surface area (Å²) < 4.78 is 20.2. The highest BCUT2D eigenvalue weighted by molar-refractivity contribution is 6.29. The summed E-state index contributed by atoms with van der Waals surface area (Å²) in [5.74, 6) is -1.35. The third-order valence-corrected chi connectivity index (χ3v) is 4.61. The molecule has 34 heavy (non-hydrogen) atoms. The van der Waals surface area contributed by atoms with E-state index in [1.807, 2.05) is 54.6 Å². The first-order valence-electron chi connectivity index (χ1n) is 11.2. The topological polar surface area (TPSA) is 120 Å². The number of hydrogen-bond acceptors (Lipinski definition) is 9. The lowest BCUT2D eigenvalue weighted by molar-refractivity contribution is -0.167. The Bertz CT molecular complexity index is 903. The van der Waals surface area contributed by atoms with Gasteiger partial charge < -0.3 is 24.1 Å². The van der Waals surface area contributed by atoms with Crippen LogP contribution in [0.4, 0.5) is 0 Å². The molecule has 0 radical (unpaired) electrons. The maximum atomic E-state index is 11.9. The predicted molar refractivity (Wildman–Crippen MR) is 123 cm³/mol. The fourth-order valence-corrected chi connectivity index (χ4v) is 2.90. The molecule has 0 aliphatic rings. The molecular weight excluding hydrogens is 442 g/mol. The van der Waals surface area contributed by atoms with E-state index in [0.717, 1.165) is 11.3 Å². The normalized spacial score (nSPS) is 11.4. The molecule has 0 amide bonds. The van der Waals surface area contributed by atoms with Crippen LogP contribution >= 0.6 is 0 Å². The van der Waals surface area contributed by atoms with Crippen LogP contribution in [0, 0.1) is 0 Å². The van der Waals surface area contributed by atoms with Crippen LogP contribution in [0.5, 0.6) is 11.5 Å². The average Bonchev–Trinajstić information content (AvgIpc) is 2.84. The van der Waals surface area contributed by atoms with Gasteiger partial charge in [-0.05, 0) is 56.4 Å². The monoisotopic (exact) mass is 473 g/mol. The fourth-order valence-electron chi connectivity index (χ4n) is 2.90. The summed E-state index contributed by atoms with van der Waals surface area (Å²) in [5.41, 5.74) is 0.933. The summed E-state index contributed by atoms with van der Waals surface area (Å²) in [6.07, 6.45) is 0.754. The Morgan fingerprint density at radius 1 is 0.853 bits per heavy atom. The minimum atomic E-state index is -1.44. The van der Waals surface area contributed by atoms with Crippen molar-refractivity contribution in [1.82, 2.24) is 5.32 Å². The van der Waals surface area contributed by atoms with Crippen molar-refractivity contribution in [2.24, 2.45) is 0 Å². The van der Waals surface area contributed by atoms with Crippen molar-refractivity contribution < 1.29 is 38.4 Å². The second-order valence-electron chi connectivity index (χ2n) is 7.21. The minimum Gasteiger partial charge on any atom is -0.463 e. The number of hydrogen-bond donors (Lipinski definition) is 2. The van der Waals surface area contributed by atoms with Gasteiger partial charge in [0.15, 0.2) is 0 Å². The third-order valence-electron chi connectivity index (χ3n) is 4.61. The first-order valence-corrected chi connectivity index (χ1v) is 11.2. The Balaban J connectivity index is 1.59. The van der Waals surface area contributed by atoms with Crippen LogP contribution in [-0.2, 0) is 35.0 Å². The summed E-state index contributed by atoms with van der Waals surface area (Å²) in [6.45, 7) is 2.25. The summed E-state index contributed by atoms with van der Waals surface area (Å²) in [7, 11) is 0. The second-order valence-corrected chi connectivity index (χ2v) is 7.21. The Labute approximate surface area is 199 Å². The highest BCUT2D eigenvalue weighted by Crippen LogP contribution is 2.25. The van der Waals surface area contributed by atoms with Crippen molar-refractivity contribution in [2.45, 2.75) is 38.8 Å². The van der Waals surface area contributed by atoms with Crippen LogP contribution in [0.1, 0.15) is 31.7 Å². The van der Waals surface area contributed by atoms with Crippen LogP contribution in [-0.4, -0.2) is 55.6 Å². The van der Waals surface area contributed by atoms with E-state index >= 15 is 0 Å². The van der Waals surface area contributed by atoms with Crippen LogP contribution < -0.4 is 10.1 Å². The molecule has 0 bridgehead atoms. The highest BCUT2D eigenvalue weighted by Gasteiger charge is 2.17. The van der Waals surface area contributed by atoms with Crippen molar-refractivity contribution in [3.8, 4) is 11.5 Å². The maximum absolute atomic E-state index is 11.9. The molecular formula is C25H31NO8. The molecule has 0 heterocycles. The van der Waals surface area contributed by atoms with E-state index in [4.69, 9.17) is 14.2 Å². The molecule has 9 heteroatoms. The molecule has 1 unspecified atom stereocenters. The number of carbonyl (C=O) groups is 3. The molecule has 0 aliphatic carbocycles. The molecule has 2 rings (SSSR count). The number of esters is 3. The van der Waals surface area contributed by atoms with Gasteiger partial charge in [-0.3, -0.25) is 5.32 Å². The van der Waals surface area contributed by atoms with E-state index in [1.54, 1.807) is 6.92 Å². The van der Waals surface area contributed by atoms with Crippen molar-refractivity contribution >= 4 is 17.9 Å². The van der Waals surface area contributed by atoms with Gasteiger partial charge >= 0.3 is 17.9 Å². The van der Waals surface area contributed by atoms with Gasteiger partial charge in [-0.15, -0.1) is 0 Å². The largest absolute Gasteiger partial charge is 0.463 e. The number of unbranched alkanes of at least 4 members (excludes halogenated alkanes) is 2. The molecule has 0 fully saturated rings. The summed E-state index contributed by atoms with van der Waals surface area (Å²) in [5, 5.41) is 12.7. The molecule has 2 aromatic carbocycles. The Morgan fingerprint density at radius 2 is 1.50 bits per heavy atom. The fraction of sp³-hybridized carbons (Fsp3) is 0.400. The molecule has 9 nitrogen and oxygen atoms in total. The van der Waals surface area contributed by atoms with Gasteiger partial charge in [-0.1, -0.05) is 36.4 Å². The van der Waals surface area contributed by atoms with Crippen LogP contribution in [0.3, 0.4) is 0 Å². The van der Waals surface area contributed by atoms with E-state index in [-0.39, 0.29) is 19.8 Å². The predicted octanol–water partition coefficient (Wildman–Crippen LogP) is 2.75. The average molecular weight is 474 g/mol. The smallest absolute Gasteiger partial charge is 0.417 e. The van der Waals surface area contributed by atoms with Crippen molar-refractivity contribution in [1.29, 1.82) is 0 Å². The van der Waals surface area contributed by atoms with Crippen LogP contribution in [0.15, 0.2) is 54.6 Å². The molecule has 0 saturated carbocycles. The lowest BCUT2D eigenvalue weighted by Gasteiger charge is -2.14. The molecule has 1 atom stereocenters. The molecule has 184 valence electrons. The standard InChI is InChI=1S/C25H31NO8/c1-2-31-24(29)25(30)33-18-10-4-9-17-32-23(28)22(27)26-16-15-19-11-7-8-14-21(19)34-20-12-5-3-6-13-20/h3,5-8,11-14,22,26-27H,2,4,9-10,15-18H2,1H3. The van der Waals surface area contributed by atoms with Gasteiger partial charge in [-0.25, -0.2) is 14.4 Å². The van der Waals surface area contributed by atoms with E-state index in [2.05, 4.69) is 10.1 Å². The van der Waals surface area contributed by atoms with Gasteiger partial charge in [0, 0.05) is 6.54 Å². The number of aliphatic hydroxyl groups excluding tert-OH is 1. The van der Waals surface area contributed by atoms with Crippen LogP contribution in [0.25, 0.3) is 0 Å². The van der Waals surface area contributed by atoms with Gasteiger partial charge in [0.2, 0.25) is 6.23 Å². The lowest BCUT2D eigenvalue weighted by Crippen LogP contribution is -2.39. The Morgan fingerprint density at radius 3 is 2.24 bits per heavy atom. The van der Waals surface area contributed by atoms with E-state index in [9.17, 15) is 19.5 Å². The van der Waals surface area contributed by atoms with Gasteiger partial charge in [0.05, 0.1) is 19.8 Å². The van der Waals surface area contributed by atoms with E-state index in [0.29, 0.717) is 38.0 Å². The number of para-hydroxylation sites is 2. The Kier molecular flexibility index (Phi) is 12.2. The first kappa shape index (κ1) is 26.8. The SMILES string of the molecule is CCOC(=O)C(=O)OCCCCCOC(=O)C(O)NCCc1ccccc1Oc1ccccc1. The van der Waals surface area contributed by atoms with Crippen molar-refractivity contribution in [2.75, 3.05) is 26.4 Å². The van der Waals surface area contributed by atoms with Gasteiger partial charge in [-0.2, -0.15) is 0 Å². The molecule has 2 N–H and O–H groups in total. The summed E-state index contributed by atoms with van der Waals surface area (Å²) >= 11 is 0. The number of carbonyl (C=O) groups excluding carboxylic acids is 3. The zero-order chi connectivity index (χ0) is 24.6. The number of rotatable bonds is 14. The highest BCUT2D eigenvalue weighted by atomic mass is 16.6. The third kappa shape index (κ3) is 10.0. The number of benzene rings is 2. The number of aliphatic hydroxyl groups is 1. The van der Waals surface area contributed by atoms with Crippen molar-refractivity contribution in [3.63, 3.8) is 0 Å². The van der Waals surface area contributed by atoms with Crippen molar-refractivity contribution in [3.05, 3.63) is 60.2 Å². The summed E-state index contributed by atoms with van der Waals surface area (Å²) in [4.78, 5) is 34.3. The zero-order valence-corrected chi connectivity index (χ0v) is 19.2. The zero-order valence-electron chi connectivity index (χ0n) is 19.2. The quantitative estimate of drug-likeness (QED) is 0.140. The molecule has 0 aromatic heterocycles. The number of nitrogens with one attached hydrogen (secondary N) is 1. The first-order chi connectivity index (χ1) is 16.5. The Hall–Kier alpha value is -3.43. The summed E-state index contributed by atoms with van der Waals surface area (Å²) in [6, 6.07) is 17.0. The lowest BCUT2D eigenvalue weighted by atomic mass is 10.1.